The van der Waals surface area contributed by atoms with E-state index in [1.807, 2.05) is 0 Å². The lowest BCUT2D eigenvalue weighted by atomic mass is 10.1. The zero-order valence-corrected chi connectivity index (χ0v) is 14.6. The van der Waals surface area contributed by atoms with Gasteiger partial charge in [0.1, 0.15) is 11.5 Å². The maximum atomic E-state index is 12.2. The second kappa shape index (κ2) is 8.57. The Bertz CT molecular complexity index is 779. The van der Waals surface area contributed by atoms with Crippen LogP contribution in [-0.2, 0) is 4.74 Å². The highest BCUT2D eigenvalue weighted by Gasteiger charge is 2.14. The maximum absolute atomic E-state index is 12.2. The summed E-state index contributed by atoms with van der Waals surface area (Å²) in [4.78, 5) is 24.0. The number of ether oxygens (including phenoxy) is 3. The van der Waals surface area contributed by atoms with E-state index in [4.69, 9.17) is 9.47 Å². The van der Waals surface area contributed by atoms with Crippen LogP contribution in [0.25, 0.3) is 0 Å². The van der Waals surface area contributed by atoms with Crippen LogP contribution < -0.4 is 9.47 Å². The molecule has 0 unspecified atom stereocenters. The van der Waals surface area contributed by atoms with Gasteiger partial charge in [0.05, 0.1) is 17.1 Å². The summed E-state index contributed by atoms with van der Waals surface area (Å²) in [5.74, 6) is -0.850. The summed E-state index contributed by atoms with van der Waals surface area (Å²) in [6, 6.07) is 9.82. The first-order chi connectivity index (χ1) is 11.9. The molecule has 2 aromatic carbocycles. The number of hydrogen-bond acceptors (Lipinski definition) is 5. The second-order valence-corrected chi connectivity index (χ2v) is 5.61. The smallest absolute Gasteiger partial charge is 0.387 e. The topological polar surface area (TPSA) is 61.8 Å². The lowest BCUT2D eigenvalue weighted by Gasteiger charge is -2.08. The molecule has 0 radical (unpaired) electrons. The minimum atomic E-state index is -3.00. The number of alkyl halides is 2. The highest BCUT2D eigenvalue weighted by molar-refractivity contribution is 9.10. The van der Waals surface area contributed by atoms with Crippen LogP contribution in [0, 0.1) is 0 Å². The van der Waals surface area contributed by atoms with Crippen LogP contribution >= 0.6 is 15.9 Å². The van der Waals surface area contributed by atoms with Crippen LogP contribution in [-0.4, -0.2) is 32.1 Å². The van der Waals surface area contributed by atoms with Gasteiger partial charge in [-0.25, -0.2) is 4.79 Å². The van der Waals surface area contributed by atoms with Crippen molar-refractivity contribution >= 4 is 27.7 Å². The van der Waals surface area contributed by atoms with Crippen LogP contribution in [0.1, 0.15) is 20.7 Å². The summed E-state index contributed by atoms with van der Waals surface area (Å²) >= 11 is 3.26. The average molecular weight is 415 g/mol. The number of esters is 1. The molecule has 5 nitrogen and oxygen atoms in total. The fourth-order valence-corrected chi connectivity index (χ4v) is 2.48. The highest BCUT2D eigenvalue weighted by Crippen LogP contribution is 2.25. The molecule has 0 aromatic heterocycles. The summed E-state index contributed by atoms with van der Waals surface area (Å²) < 4.78 is 39.2. The van der Waals surface area contributed by atoms with Crippen molar-refractivity contribution in [3.05, 3.63) is 58.1 Å². The minimum Gasteiger partial charge on any atom is -0.496 e. The van der Waals surface area contributed by atoms with Crippen LogP contribution in [0.3, 0.4) is 0 Å². The molecule has 0 bridgehead atoms. The molecule has 0 spiro atoms. The molecule has 0 heterocycles. The molecule has 25 heavy (non-hydrogen) atoms. The largest absolute Gasteiger partial charge is 0.496 e. The predicted octanol–water partition coefficient (Wildman–Crippen LogP) is 4.10. The van der Waals surface area contributed by atoms with Gasteiger partial charge >= 0.3 is 12.6 Å². The van der Waals surface area contributed by atoms with Gasteiger partial charge in [-0.1, -0.05) is 6.07 Å². The highest BCUT2D eigenvalue weighted by atomic mass is 79.9. The first kappa shape index (κ1) is 18.9. The number of hydrogen-bond donors (Lipinski definition) is 0. The Morgan fingerprint density at radius 2 is 1.88 bits per heavy atom. The Morgan fingerprint density at radius 3 is 2.52 bits per heavy atom. The Hall–Kier alpha value is -2.48. The minimum absolute atomic E-state index is 0.00172. The molecular weight excluding hydrogens is 402 g/mol. The molecule has 0 fully saturated rings. The fraction of sp³-hybridized carbons (Fsp3) is 0.176. The summed E-state index contributed by atoms with van der Waals surface area (Å²) in [7, 11) is 1.50. The molecule has 0 saturated heterocycles. The molecular formula is C17H13BrF2O5. The number of carbonyl (C=O) groups excluding carboxylic acids is 2. The van der Waals surface area contributed by atoms with E-state index in [9.17, 15) is 18.4 Å². The van der Waals surface area contributed by atoms with Crippen molar-refractivity contribution in [3.8, 4) is 11.5 Å². The van der Waals surface area contributed by atoms with Gasteiger partial charge in [-0.05, 0) is 52.3 Å². The van der Waals surface area contributed by atoms with Crippen molar-refractivity contribution in [2.24, 2.45) is 0 Å². The van der Waals surface area contributed by atoms with Gasteiger partial charge < -0.3 is 14.2 Å². The van der Waals surface area contributed by atoms with Crippen LogP contribution in [0.5, 0.6) is 11.5 Å². The molecule has 0 aliphatic carbocycles. The Balaban J connectivity index is 1.99. The molecule has 0 N–H and O–H groups in total. The van der Waals surface area contributed by atoms with Crippen LogP contribution in [0.2, 0.25) is 0 Å². The van der Waals surface area contributed by atoms with Crippen molar-refractivity contribution < 1.29 is 32.6 Å². The van der Waals surface area contributed by atoms with E-state index in [2.05, 4.69) is 20.7 Å². The van der Waals surface area contributed by atoms with E-state index in [1.165, 1.54) is 31.4 Å². The molecule has 0 saturated carbocycles. The molecule has 132 valence electrons. The van der Waals surface area contributed by atoms with Gasteiger partial charge in [0.25, 0.3) is 0 Å². The van der Waals surface area contributed by atoms with Crippen molar-refractivity contribution in [1.29, 1.82) is 0 Å². The third-order valence-corrected chi connectivity index (χ3v) is 3.72. The summed E-state index contributed by atoms with van der Waals surface area (Å²) in [6.45, 7) is -3.49. The lowest BCUT2D eigenvalue weighted by Crippen LogP contribution is -2.14. The van der Waals surface area contributed by atoms with E-state index in [0.29, 0.717) is 15.8 Å². The number of methoxy groups -OCH3 is 1. The second-order valence-electron chi connectivity index (χ2n) is 4.75. The van der Waals surface area contributed by atoms with Gasteiger partial charge in [0.2, 0.25) is 0 Å². The van der Waals surface area contributed by atoms with Gasteiger partial charge in [-0.3, -0.25) is 4.79 Å². The number of benzene rings is 2. The number of carbonyl (C=O) groups is 2. The molecule has 0 aliphatic heterocycles. The lowest BCUT2D eigenvalue weighted by molar-refractivity contribution is -0.0499. The van der Waals surface area contributed by atoms with Crippen molar-refractivity contribution in [2.45, 2.75) is 6.61 Å². The van der Waals surface area contributed by atoms with Crippen molar-refractivity contribution in [3.63, 3.8) is 0 Å². The van der Waals surface area contributed by atoms with Crippen molar-refractivity contribution in [2.75, 3.05) is 13.7 Å². The van der Waals surface area contributed by atoms with Crippen LogP contribution in [0.4, 0.5) is 8.78 Å². The van der Waals surface area contributed by atoms with E-state index in [-0.39, 0.29) is 11.3 Å². The Kier molecular flexibility index (Phi) is 6.46. The third-order valence-electron chi connectivity index (χ3n) is 3.10. The Labute approximate surface area is 150 Å². The molecule has 0 aliphatic rings. The fourth-order valence-electron chi connectivity index (χ4n) is 1.94. The van der Waals surface area contributed by atoms with Crippen molar-refractivity contribution in [1.82, 2.24) is 0 Å². The molecule has 2 aromatic rings. The molecule has 2 rings (SSSR count). The molecule has 0 atom stereocenters. The number of rotatable bonds is 7. The van der Waals surface area contributed by atoms with Crippen LogP contribution in [0.15, 0.2) is 46.9 Å². The molecule has 0 amide bonds. The van der Waals surface area contributed by atoms with E-state index in [1.54, 1.807) is 12.1 Å². The monoisotopic (exact) mass is 414 g/mol. The van der Waals surface area contributed by atoms with E-state index in [0.717, 1.165) is 6.07 Å². The third kappa shape index (κ3) is 5.25. The average Bonchev–Trinajstić information content (AvgIpc) is 2.58. The molecule has 8 heteroatoms. The summed E-state index contributed by atoms with van der Waals surface area (Å²) in [5, 5.41) is 0. The first-order valence-electron chi connectivity index (χ1n) is 6.99. The first-order valence-corrected chi connectivity index (χ1v) is 7.78. The Morgan fingerprint density at radius 1 is 1.12 bits per heavy atom. The van der Waals surface area contributed by atoms with Gasteiger partial charge in [0.15, 0.2) is 12.4 Å². The zero-order chi connectivity index (χ0) is 18.4. The van der Waals surface area contributed by atoms with Gasteiger partial charge in [-0.2, -0.15) is 8.78 Å². The summed E-state index contributed by atoms with van der Waals surface area (Å²) in [5.41, 5.74) is 0.331. The van der Waals surface area contributed by atoms with E-state index < -0.39 is 25.0 Å². The standard InChI is InChI=1S/C17H13BrF2O5/c1-23-15-6-5-10(8-13(15)18)14(21)9-24-16(22)11-3-2-4-12(7-11)25-17(19)20/h2-8,17H,9H2,1H3. The predicted molar refractivity (Wildman–Crippen MR) is 88.4 cm³/mol. The number of Topliss-reactive ketones (excluding diaryl/α,β-unsaturated/α-hetero) is 1. The van der Waals surface area contributed by atoms with Gasteiger partial charge in [-0.15, -0.1) is 0 Å². The summed E-state index contributed by atoms with van der Waals surface area (Å²) in [6.07, 6.45) is 0. The maximum Gasteiger partial charge on any atom is 0.387 e. The SMILES string of the molecule is COc1ccc(C(=O)COC(=O)c2cccc(OC(F)F)c2)cc1Br. The number of halogens is 3. The zero-order valence-electron chi connectivity index (χ0n) is 13.0. The van der Waals surface area contributed by atoms with Gasteiger partial charge in [0, 0.05) is 5.56 Å². The normalized spacial score (nSPS) is 10.4. The quantitative estimate of drug-likeness (QED) is 0.504. The number of ketones is 1. The van der Waals surface area contributed by atoms with E-state index >= 15 is 0 Å².